The van der Waals surface area contributed by atoms with Crippen LogP contribution in [-0.2, 0) is 0 Å². The number of rotatable bonds is 5. The second-order valence-corrected chi connectivity index (χ2v) is 4.88. The lowest BCUT2D eigenvalue weighted by atomic mass is 9.93. The molecule has 0 aliphatic carbocycles. The van der Waals surface area contributed by atoms with Gasteiger partial charge in [-0.15, -0.1) is 0 Å². The highest BCUT2D eigenvalue weighted by Crippen LogP contribution is 2.56. The topological polar surface area (TPSA) is 0 Å². The van der Waals surface area contributed by atoms with E-state index in [0.29, 0.717) is 0 Å². The molecular formula is C10H2F18. The maximum absolute atomic E-state index is 13.4. The Kier molecular flexibility index (Phi) is 6.14. The van der Waals surface area contributed by atoms with Crippen molar-refractivity contribution in [2.24, 2.45) is 0 Å². The third-order valence-corrected chi connectivity index (χ3v) is 2.92. The molecule has 0 aliphatic rings. The molecule has 0 aliphatic heterocycles. The first kappa shape index (κ1) is 26.5. The van der Waals surface area contributed by atoms with Gasteiger partial charge in [0.25, 0.3) is 5.67 Å². The van der Waals surface area contributed by atoms with E-state index < -0.39 is 60.0 Å². The second kappa shape index (κ2) is 6.50. The molecule has 0 aromatic carbocycles. The van der Waals surface area contributed by atoms with Gasteiger partial charge in [0.1, 0.15) is 0 Å². The minimum atomic E-state index is -7.71. The van der Waals surface area contributed by atoms with Gasteiger partial charge < -0.3 is 0 Å². The summed E-state index contributed by atoms with van der Waals surface area (Å²) in [4.78, 5) is 0. The zero-order chi connectivity index (χ0) is 23.4. The van der Waals surface area contributed by atoms with Crippen LogP contribution in [0.3, 0.4) is 0 Å². The van der Waals surface area contributed by atoms with E-state index in [1.807, 2.05) is 0 Å². The van der Waals surface area contributed by atoms with Gasteiger partial charge in [0.15, 0.2) is 0 Å². The SMILES string of the molecule is FC(F)(F)C(F)(F)C(F)(F)C(F)(F)C=CC(F)(C(F)(F)F)C(F)(F)C(F)(F)F. The molecule has 1 unspecified atom stereocenters. The number of halogens is 18. The summed E-state index contributed by atoms with van der Waals surface area (Å²) in [6.45, 7) is 0. The Bertz CT molecular complexity index is 585. The lowest BCUT2D eigenvalue weighted by Gasteiger charge is -2.35. The molecule has 0 heterocycles. The highest BCUT2D eigenvalue weighted by atomic mass is 19.4. The molecule has 168 valence electrons. The van der Waals surface area contributed by atoms with Crippen molar-refractivity contribution in [1.82, 2.24) is 0 Å². The van der Waals surface area contributed by atoms with Crippen LogP contribution in [0.25, 0.3) is 0 Å². The molecule has 0 saturated carbocycles. The molecule has 0 fully saturated rings. The van der Waals surface area contributed by atoms with Gasteiger partial charge in [0.2, 0.25) is 0 Å². The van der Waals surface area contributed by atoms with Crippen molar-refractivity contribution in [2.45, 2.75) is 47.9 Å². The summed E-state index contributed by atoms with van der Waals surface area (Å²) < 4.78 is 223. The van der Waals surface area contributed by atoms with Crippen LogP contribution in [0, 0.1) is 0 Å². The van der Waals surface area contributed by atoms with Gasteiger partial charge >= 0.3 is 42.2 Å². The standard InChI is InChI=1S/C10H2F18/c11-3(8(20,21)22,5(14,15)9(23,24)25)1-2-4(12,13)6(16,17)7(18,19)10(26,27)28/h1-2H. The molecule has 0 N–H and O–H groups in total. The number of hydrogen-bond acceptors (Lipinski definition) is 0. The summed E-state index contributed by atoms with van der Waals surface area (Å²) in [5.41, 5.74) is -7.23. The van der Waals surface area contributed by atoms with Gasteiger partial charge in [-0.2, -0.15) is 74.6 Å². The number of allylic oxidation sites excluding steroid dienone is 2. The van der Waals surface area contributed by atoms with Crippen molar-refractivity contribution in [3.8, 4) is 0 Å². The Morgan fingerprint density at radius 3 is 0.893 bits per heavy atom. The summed E-state index contributed by atoms with van der Waals surface area (Å²) in [6, 6.07) is 0. The Labute approximate surface area is 140 Å². The van der Waals surface area contributed by atoms with Crippen LogP contribution in [0.4, 0.5) is 79.0 Å². The van der Waals surface area contributed by atoms with Gasteiger partial charge in [0, 0.05) is 0 Å². The summed E-state index contributed by atoms with van der Waals surface area (Å²) in [5.74, 6) is -30.2. The van der Waals surface area contributed by atoms with E-state index in [2.05, 4.69) is 0 Å². The van der Waals surface area contributed by atoms with Gasteiger partial charge in [-0.05, 0) is 12.2 Å². The lowest BCUT2D eigenvalue weighted by Crippen LogP contribution is -2.62. The first-order chi connectivity index (χ1) is 11.7. The van der Waals surface area contributed by atoms with Crippen LogP contribution in [0.1, 0.15) is 0 Å². The first-order valence-electron chi connectivity index (χ1n) is 5.81. The molecule has 0 radical (unpaired) electrons. The van der Waals surface area contributed by atoms with Crippen LogP contribution in [0.5, 0.6) is 0 Å². The predicted molar refractivity (Wildman–Crippen MR) is 50.9 cm³/mol. The van der Waals surface area contributed by atoms with E-state index in [1.165, 1.54) is 0 Å². The summed E-state index contributed by atoms with van der Waals surface area (Å²) in [5, 5.41) is 0. The fourth-order valence-corrected chi connectivity index (χ4v) is 1.29. The van der Waals surface area contributed by atoms with Crippen LogP contribution in [0.15, 0.2) is 12.2 Å². The van der Waals surface area contributed by atoms with E-state index >= 15 is 0 Å². The zero-order valence-electron chi connectivity index (χ0n) is 12.0. The third kappa shape index (κ3) is 3.81. The van der Waals surface area contributed by atoms with Gasteiger partial charge in [-0.3, -0.25) is 0 Å². The summed E-state index contributed by atoms with van der Waals surface area (Å²) >= 11 is 0. The van der Waals surface area contributed by atoms with E-state index in [-0.39, 0.29) is 0 Å². The minimum absolute atomic E-state index is 2.58. The van der Waals surface area contributed by atoms with E-state index in [1.54, 1.807) is 0 Å². The Balaban J connectivity index is 6.53. The number of hydrogen-bond donors (Lipinski definition) is 0. The van der Waals surface area contributed by atoms with Crippen LogP contribution >= 0.6 is 0 Å². The average Bonchev–Trinajstić information content (AvgIpc) is 2.40. The van der Waals surface area contributed by atoms with Crippen molar-refractivity contribution >= 4 is 0 Å². The largest absolute Gasteiger partial charge is 0.460 e. The quantitative estimate of drug-likeness (QED) is 0.323. The molecule has 0 rings (SSSR count). The maximum Gasteiger partial charge on any atom is 0.460 e. The van der Waals surface area contributed by atoms with Crippen LogP contribution in [0.2, 0.25) is 0 Å². The minimum Gasteiger partial charge on any atom is -0.222 e. The zero-order valence-corrected chi connectivity index (χ0v) is 12.0. The maximum atomic E-state index is 13.4. The van der Waals surface area contributed by atoms with Crippen molar-refractivity contribution in [3.63, 3.8) is 0 Å². The van der Waals surface area contributed by atoms with E-state index in [9.17, 15) is 79.0 Å². The molecular weight excluding hydrogens is 462 g/mol. The average molecular weight is 464 g/mol. The van der Waals surface area contributed by atoms with Crippen LogP contribution in [-0.4, -0.2) is 47.9 Å². The molecule has 0 aromatic rings. The van der Waals surface area contributed by atoms with Crippen molar-refractivity contribution in [2.75, 3.05) is 0 Å². The van der Waals surface area contributed by atoms with Gasteiger partial charge in [-0.25, -0.2) is 4.39 Å². The monoisotopic (exact) mass is 464 g/mol. The highest BCUT2D eigenvalue weighted by molar-refractivity contribution is 5.21. The van der Waals surface area contributed by atoms with Crippen LogP contribution < -0.4 is 0 Å². The molecule has 0 amide bonds. The Hall–Kier alpha value is -1.52. The normalized spacial score (nSPS) is 18.5. The molecule has 1 atom stereocenters. The molecule has 0 spiro atoms. The summed E-state index contributed by atoms with van der Waals surface area (Å²) in [6.07, 6.45) is -27.6. The van der Waals surface area contributed by atoms with Gasteiger partial charge in [-0.1, -0.05) is 0 Å². The smallest absolute Gasteiger partial charge is 0.222 e. The first-order valence-corrected chi connectivity index (χ1v) is 5.81. The van der Waals surface area contributed by atoms with Gasteiger partial charge in [0.05, 0.1) is 0 Å². The third-order valence-electron chi connectivity index (χ3n) is 2.92. The predicted octanol–water partition coefficient (Wildman–Crippen LogP) is 6.48. The van der Waals surface area contributed by atoms with Crippen molar-refractivity contribution in [3.05, 3.63) is 12.2 Å². The second-order valence-electron chi connectivity index (χ2n) is 4.88. The molecule has 0 saturated heterocycles. The molecule has 0 bridgehead atoms. The summed E-state index contributed by atoms with van der Waals surface area (Å²) in [7, 11) is 0. The number of alkyl halides is 18. The Morgan fingerprint density at radius 2 is 0.643 bits per heavy atom. The fraction of sp³-hybridized carbons (Fsp3) is 0.800. The molecule has 0 nitrogen and oxygen atoms in total. The fourth-order valence-electron chi connectivity index (χ4n) is 1.29. The Morgan fingerprint density at radius 1 is 0.321 bits per heavy atom. The lowest BCUT2D eigenvalue weighted by molar-refractivity contribution is -0.389. The van der Waals surface area contributed by atoms with E-state index in [0.717, 1.165) is 0 Å². The molecule has 28 heavy (non-hydrogen) atoms. The van der Waals surface area contributed by atoms with Crippen molar-refractivity contribution in [1.29, 1.82) is 0 Å². The highest BCUT2D eigenvalue weighted by Gasteiger charge is 2.83. The molecule has 0 aromatic heterocycles. The molecule has 18 heteroatoms. The van der Waals surface area contributed by atoms with Crippen molar-refractivity contribution < 1.29 is 79.0 Å². The van der Waals surface area contributed by atoms with E-state index in [4.69, 9.17) is 0 Å².